The van der Waals surface area contributed by atoms with Gasteiger partial charge in [0.2, 0.25) is 11.8 Å². The van der Waals surface area contributed by atoms with Crippen molar-refractivity contribution in [3.8, 4) is 0 Å². The average Bonchev–Trinajstić information content (AvgIpc) is 2.67. The second kappa shape index (κ2) is 10.7. The summed E-state index contributed by atoms with van der Waals surface area (Å²) in [6, 6.07) is 15.8. The molecule has 2 aromatic rings. The van der Waals surface area contributed by atoms with Gasteiger partial charge < -0.3 is 10.6 Å². The Hall–Kier alpha value is -2.34. The number of amides is 2. The molecule has 2 aromatic carbocycles. The molecule has 0 aliphatic carbocycles. The Bertz CT molecular complexity index is 738. The predicted octanol–water partition coefficient (Wildman–Crippen LogP) is 4.02. The first kappa shape index (κ1) is 21.0. The number of aryl methyl sites for hydroxylation is 1. The SMILES string of the molecule is CC(CCc1ccccc1)NC(=O)C(C)SCC(=O)Nc1ccc(F)cc1. The van der Waals surface area contributed by atoms with Crippen molar-refractivity contribution >= 4 is 29.3 Å². The molecule has 6 heteroatoms. The minimum Gasteiger partial charge on any atom is -0.353 e. The number of thioether (sulfide) groups is 1. The molecule has 0 radical (unpaired) electrons. The molecule has 0 heterocycles. The smallest absolute Gasteiger partial charge is 0.234 e. The average molecular weight is 389 g/mol. The van der Waals surface area contributed by atoms with Gasteiger partial charge in [0.1, 0.15) is 5.82 Å². The number of carbonyl (C=O) groups is 2. The van der Waals surface area contributed by atoms with Gasteiger partial charge in [-0.1, -0.05) is 30.3 Å². The van der Waals surface area contributed by atoms with E-state index in [1.807, 2.05) is 25.1 Å². The van der Waals surface area contributed by atoms with Crippen LogP contribution in [0.3, 0.4) is 0 Å². The maximum absolute atomic E-state index is 12.9. The summed E-state index contributed by atoms with van der Waals surface area (Å²) in [5.41, 5.74) is 1.78. The molecule has 4 nitrogen and oxygen atoms in total. The molecule has 0 aliphatic rings. The van der Waals surface area contributed by atoms with Gasteiger partial charge in [0, 0.05) is 11.7 Å². The van der Waals surface area contributed by atoms with E-state index in [4.69, 9.17) is 0 Å². The zero-order valence-corrected chi connectivity index (χ0v) is 16.4. The van der Waals surface area contributed by atoms with Gasteiger partial charge in [0.15, 0.2) is 0 Å². The van der Waals surface area contributed by atoms with Gasteiger partial charge in [-0.3, -0.25) is 9.59 Å². The maximum atomic E-state index is 12.9. The molecule has 2 amide bonds. The van der Waals surface area contributed by atoms with Crippen molar-refractivity contribution in [3.05, 3.63) is 66.0 Å². The summed E-state index contributed by atoms with van der Waals surface area (Å²) < 4.78 is 12.9. The van der Waals surface area contributed by atoms with Crippen molar-refractivity contribution in [2.45, 2.75) is 38.0 Å². The van der Waals surface area contributed by atoms with Gasteiger partial charge in [-0.05, 0) is 56.5 Å². The van der Waals surface area contributed by atoms with Crippen molar-refractivity contribution in [2.75, 3.05) is 11.1 Å². The molecule has 0 spiro atoms. The standard InChI is InChI=1S/C21H25FN2O2S/c1-15(8-9-17-6-4-3-5-7-17)23-21(26)16(2)27-14-20(25)24-19-12-10-18(22)11-13-19/h3-7,10-13,15-16H,8-9,14H2,1-2H3,(H,23,26)(H,24,25). The molecule has 0 saturated carbocycles. The molecule has 27 heavy (non-hydrogen) atoms. The van der Waals surface area contributed by atoms with E-state index in [1.165, 1.54) is 41.6 Å². The molecule has 0 bridgehead atoms. The van der Waals surface area contributed by atoms with Crippen molar-refractivity contribution in [1.82, 2.24) is 5.32 Å². The second-order valence-corrected chi connectivity index (χ2v) is 7.77. The molecule has 0 saturated heterocycles. The minimum absolute atomic E-state index is 0.0637. The maximum Gasteiger partial charge on any atom is 0.234 e. The van der Waals surface area contributed by atoms with Gasteiger partial charge in [-0.2, -0.15) is 0 Å². The Kier molecular flexibility index (Phi) is 8.33. The number of benzene rings is 2. The van der Waals surface area contributed by atoms with Gasteiger partial charge in [-0.15, -0.1) is 11.8 Å². The number of anilines is 1. The number of rotatable bonds is 9. The lowest BCUT2D eigenvalue weighted by Crippen LogP contribution is -2.38. The summed E-state index contributed by atoms with van der Waals surface area (Å²) in [6.45, 7) is 3.77. The zero-order chi connectivity index (χ0) is 19.6. The number of carbonyl (C=O) groups excluding carboxylic acids is 2. The van der Waals surface area contributed by atoms with E-state index in [1.54, 1.807) is 6.92 Å². The third kappa shape index (κ3) is 7.83. The number of hydrogen-bond acceptors (Lipinski definition) is 3. The quantitative estimate of drug-likeness (QED) is 0.682. The van der Waals surface area contributed by atoms with Crippen LogP contribution in [0.5, 0.6) is 0 Å². The van der Waals surface area contributed by atoms with E-state index in [2.05, 4.69) is 22.8 Å². The highest BCUT2D eigenvalue weighted by Gasteiger charge is 2.17. The van der Waals surface area contributed by atoms with Crippen LogP contribution < -0.4 is 10.6 Å². The van der Waals surface area contributed by atoms with Crippen molar-refractivity contribution < 1.29 is 14.0 Å². The van der Waals surface area contributed by atoms with Crippen molar-refractivity contribution in [1.29, 1.82) is 0 Å². The summed E-state index contributed by atoms with van der Waals surface area (Å²) >= 11 is 1.27. The summed E-state index contributed by atoms with van der Waals surface area (Å²) in [5.74, 6) is -0.489. The highest BCUT2D eigenvalue weighted by Crippen LogP contribution is 2.14. The summed E-state index contributed by atoms with van der Waals surface area (Å²) in [7, 11) is 0. The Morgan fingerprint density at radius 2 is 1.70 bits per heavy atom. The van der Waals surface area contributed by atoms with Crippen LogP contribution in [0, 0.1) is 5.82 Å². The molecule has 144 valence electrons. The second-order valence-electron chi connectivity index (χ2n) is 6.44. The van der Waals surface area contributed by atoms with E-state index >= 15 is 0 Å². The fourth-order valence-electron chi connectivity index (χ4n) is 2.47. The summed E-state index contributed by atoms with van der Waals surface area (Å²) in [6.07, 6.45) is 1.77. The zero-order valence-electron chi connectivity index (χ0n) is 15.6. The highest BCUT2D eigenvalue weighted by molar-refractivity contribution is 8.01. The van der Waals surface area contributed by atoms with E-state index in [-0.39, 0.29) is 34.7 Å². The molecule has 2 atom stereocenters. The van der Waals surface area contributed by atoms with Crippen LogP contribution in [-0.2, 0) is 16.0 Å². The van der Waals surface area contributed by atoms with Gasteiger partial charge in [-0.25, -0.2) is 4.39 Å². The van der Waals surface area contributed by atoms with Gasteiger partial charge in [0.05, 0.1) is 11.0 Å². The molecule has 2 N–H and O–H groups in total. The van der Waals surface area contributed by atoms with E-state index in [9.17, 15) is 14.0 Å². The molecule has 0 aromatic heterocycles. The molecular weight excluding hydrogens is 363 g/mol. The molecule has 2 unspecified atom stereocenters. The first-order valence-corrected chi connectivity index (χ1v) is 10.00. The lowest BCUT2D eigenvalue weighted by Gasteiger charge is -2.17. The van der Waals surface area contributed by atoms with Gasteiger partial charge >= 0.3 is 0 Å². The first-order chi connectivity index (χ1) is 12.9. The number of hydrogen-bond donors (Lipinski definition) is 2. The van der Waals surface area contributed by atoms with Crippen LogP contribution in [0.15, 0.2) is 54.6 Å². The fraction of sp³-hybridized carbons (Fsp3) is 0.333. The molecule has 0 aliphatic heterocycles. The van der Waals surface area contributed by atoms with E-state index in [0.717, 1.165) is 12.8 Å². The normalized spacial score (nSPS) is 12.9. The minimum atomic E-state index is -0.353. The molecular formula is C21H25FN2O2S. The van der Waals surface area contributed by atoms with E-state index in [0.29, 0.717) is 5.69 Å². The topological polar surface area (TPSA) is 58.2 Å². The lowest BCUT2D eigenvalue weighted by atomic mass is 10.1. The first-order valence-electron chi connectivity index (χ1n) is 8.95. The summed E-state index contributed by atoms with van der Waals surface area (Å²) in [5, 5.41) is 5.35. The van der Waals surface area contributed by atoms with Crippen LogP contribution in [0.2, 0.25) is 0 Å². The Balaban J connectivity index is 1.68. The predicted molar refractivity (Wildman–Crippen MR) is 109 cm³/mol. The van der Waals surface area contributed by atoms with Crippen LogP contribution in [0.1, 0.15) is 25.8 Å². The monoisotopic (exact) mass is 388 g/mol. The third-order valence-corrected chi connectivity index (χ3v) is 5.20. The largest absolute Gasteiger partial charge is 0.353 e. The number of halogens is 1. The van der Waals surface area contributed by atoms with Crippen LogP contribution in [0.4, 0.5) is 10.1 Å². The number of nitrogens with one attached hydrogen (secondary N) is 2. The Morgan fingerprint density at radius 3 is 2.37 bits per heavy atom. The van der Waals surface area contributed by atoms with Crippen molar-refractivity contribution in [3.63, 3.8) is 0 Å². The van der Waals surface area contributed by atoms with E-state index < -0.39 is 0 Å². The Labute approximate surface area is 163 Å². The Morgan fingerprint density at radius 1 is 1.04 bits per heavy atom. The van der Waals surface area contributed by atoms with Crippen LogP contribution in [0.25, 0.3) is 0 Å². The van der Waals surface area contributed by atoms with Crippen LogP contribution in [-0.4, -0.2) is 28.9 Å². The molecule has 2 rings (SSSR count). The third-order valence-electron chi connectivity index (χ3n) is 4.06. The lowest BCUT2D eigenvalue weighted by molar-refractivity contribution is -0.120. The summed E-state index contributed by atoms with van der Waals surface area (Å²) in [4.78, 5) is 24.2. The van der Waals surface area contributed by atoms with Crippen molar-refractivity contribution in [2.24, 2.45) is 0 Å². The van der Waals surface area contributed by atoms with Crippen LogP contribution >= 0.6 is 11.8 Å². The highest BCUT2D eigenvalue weighted by atomic mass is 32.2. The molecule has 0 fully saturated rings. The van der Waals surface area contributed by atoms with Gasteiger partial charge in [0.25, 0.3) is 0 Å². The fourth-order valence-corrected chi connectivity index (χ4v) is 3.16.